The fourth-order valence-corrected chi connectivity index (χ4v) is 1.71. The van der Waals surface area contributed by atoms with Crippen LogP contribution >= 0.6 is 11.6 Å². The van der Waals surface area contributed by atoms with E-state index < -0.39 is 11.9 Å². The standard InChI is InChI=1S/C14H12ClFO2/c1-9(17)12-3-2-4-13(16)14(12)18-11-7-5-10(15)6-8-11/h2-9,17H,1H3. The monoisotopic (exact) mass is 266 g/mol. The van der Waals surface area contributed by atoms with Crippen LogP contribution in [0.1, 0.15) is 18.6 Å². The minimum absolute atomic E-state index is 0.0369. The lowest BCUT2D eigenvalue weighted by molar-refractivity contribution is 0.194. The van der Waals surface area contributed by atoms with Crippen molar-refractivity contribution in [3.05, 3.63) is 58.9 Å². The zero-order chi connectivity index (χ0) is 13.1. The van der Waals surface area contributed by atoms with E-state index in [2.05, 4.69) is 0 Å². The normalized spacial score (nSPS) is 12.2. The highest BCUT2D eigenvalue weighted by atomic mass is 35.5. The lowest BCUT2D eigenvalue weighted by Crippen LogP contribution is -1.98. The first kappa shape index (κ1) is 12.9. The van der Waals surface area contributed by atoms with E-state index in [0.29, 0.717) is 16.3 Å². The second kappa shape index (κ2) is 5.38. The van der Waals surface area contributed by atoms with E-state index in [9.17, 15) is 9.50 Å². The quantitative estimate of drug-likeness (QED) is 0.896. The highest BCUT2D eigenvalue weighted by molar-refractivity contribution is 6.30. The maximum atomic E-state index is 13.7. The van der Waals surface area contributed by atoms with Crippen molar-refractivity contribution in [3.63, 3.8) is 0 Å². The molecule has 0 aliphatic heterocycles. The van der Waals surface area contributed by atoms with Crippen molar-refractivity contribution >= 4 is 11.6 Å². The number of hydrogen-bond donors (Lipinski definition) is 1. The van der Waals surface area contributed by atoms with E-state index in [1.54, 1.807) is 37.3 Å². The Labute approximate surface area is 110 Å². The van der Waals surface area contributed by atoms with Crippen molar-refractivity contribution in [3.8, 4) is 11.5 Å². The fraction of sp³-hybridized carbons (Fsp3) is 0.143. The van der Waals surface area contributed by atoms with Crippen molar-refractivity contribution < 1.29 is 14.2 Å². The molecule has 2 nitrogen and oxygen atoms in total. The molecule has 0 radical (unpaired) electrons. The first-order valence-electron chi connectivity index (χ1n) is 5.48. The maximum absolute atomic E-state index is 13.7. The molecule has 1 unspecified atom stereocenters. The minimum atomic E-state index is -0.803. The van der Waals surface area contributed by atoms with Gasteiger partial charge >= 0.3 is 0 Å². The molecule has 0 amide bonds. The molecule has 0 aliphatic carbocycles. The molecule has 0 spiro atoms. The number of hydrogen-bond acceptors (Lipinski definition) is 2. The Bertz CT molecular complexity index is 538. The van der Waals surface area contributed by atoms with Crippen LogP contribution in [0.15, 0.2) is 42.5 Å². The number of ether oxygens (including phenoxy) is 1. The Morgan fingerprint density at radius 1 is 1.17 bits per heavy atom. The zero-order valence-electron chi connectivity index (χ0n) is 9.73. The summed E-state index contributed by atoms with van der Waals surface area (Å²) in [5, 5.41) is 10.2. The van der Waals surface area contributed by atoms with Crippen molar-refractivity contribution in [2.45, 2.75) is 13.0 Å². The van der Waals surface area contributed by atoms with Gasteiger partial charge in [-0.3, -0.25) is 0 Å². The third-order valence-corrected chi connectivity index (χ3v) is 2.73. The molecular weight excluding hydrogens is 255 g/mol. The van der Waals surface area contributed by atoms with E-state index in [1.165, 1.54) is 12.1 Å². The lowest BCUT2D eigenvalue weighted by atomic mass is 10.1. The number of rotatable bonds is 3. The predicted molar refractivity (Wildman–Crippen MR) is 68.6 cm³/mol. The fourth-order valence-electron chi connectivity index (χ4n) is 1.58. The van der Waals surface area contributed by atoms with Crippen LogP contribution < -0.4 is 4.74 Å². The topological polar surface area (TPSA) is 29.5 Å². The van der Waals surface area contributed by atoms with Crippen LogP contribution in [0.4, 0.5) is 4.39 Å². The molecule has 18 heavy (non-hydrogen) atoms. The van der Waals surface area contributed by atoms with E-state index in [-0.39, 0.29) is 5.75 Å². The van der Waals surface area contributed by atoms with Crippen LogP contribution in [0.2, 0.25) is 5.02 Å². The third-order valence-electron chi connectivity index (χ3n) is 2.48. The molecule has 94 valence electrons. The third kappa shape index (κ3) is 2.81. The largest absolute Gasteiger partial charge is 0.454 e. The molecule has 4 heteroatoms. The summed E-state index contributed by atoms with van der Waals surface area (Å²) in [5.41, 5.74) is 0.407. The molecule has 2 aromatic carbocycles. The van der Waals surface area contributed by atoms with Gasteiger partial charge in [0.05, 0.1) is 6.10 Å². The van der Waals surface area contributed by atoms with E-state index >= 15 is 0 Å². The van der Waals surface area contributed by atoms with Crippen molar-refractivity contribution in [1.29, 1.82) is 0 Å². The molecule has 2 rings (SSSR count). The van der Waals surface area contributed by atoms with Crippen LogP contribution in [0.3, 0.4) is 0 Å². The van der Waals surface area contributed by atoms with Gasteiger partial charge in [0, 0.05) is 10.6 Å². The number of benzene rings is 2. The summed E-state index contributed by atoms with van der Waals surface area (Å²) in [6, 6.07) is 11.0. The lowest BCUT2D eigenvalue weighted by Gasteiger charge is -2.13. The molecule has 0 heterocycles. The summed E-state index contributed by atoms with van der Waals surface area (Å²) >= 11 is 5.76. The molecule has 0 aliphatic rings. The van der Waals surface area contributed by atoms with Gasteiger partial charge in [0.15, 0.2) is 11.6 Å². The highest BCUT2D eigenvalue weighted by Crippen LogP contribution is 2.32. The summed E-state index contributed by atoms with van der Waals surface area (Å²) in [5.74, 6) is -0.00966. The second-order valence-corrected chi connectivity index (χ2v) is 4.33. The van der Waals surface area contributed by atoms with Gasteiger partial charge < -0.3 is 9.84 Å². The first-order chi connectivity index (χ1) is 8.58. The van der Waals surface area contributed by atoms with E-state index in [4.69, 9.17) is 16.3 Å². The van der Waals surface area contributed by atoms with Gasteiger partial charge in [-0.25, -0.2) is 4.39 Å². The number of halogens is 2. The smallest absolute Gasteiger partial charge is 0.168 e. The molecule has 1 N–H and O–H groups in total. The first-order valence-corrected chi connectivity index (χ1v) is 5.85. The van der Waals surface area contributed by atoms with Gasteiger partial charge in [0.1, 0.15) is 5.75 Å². The Morgan fingerprint density at radius 2 is 1.83 bits per heavy atom. The highest BCUT2D eigenvalue weighted by Gasteiger charge is 2.14. The Hall–Kier alpha value is -1.58. The zero-order valence-corrected chi connectivity index (χ0v) is 10.5. The van der Waals surface area contributed by atoms with Gasteiger partial charge in [0.2, 0.25) is 0 Å². The average molecular weight is 267 g/mol. The van der Waals surface area contributed by atoms with E-state index in [0.717, 1.165) is 0 Å². The van der Waals surface area contributed by atoms with Crippen LogP contribution in [0.5, 0.6) is 11.5 Å². The maximum Gasteiger partial charge on any atom is 0.168 e. The van der Waals surface area contributed by atoms with Crippen LogP contribution in [0, 0.1) is 5.82 Å². The van der Waals surface area contributed by atoms with Gasteiger partial charge in [-0.1, -0.05) is 23.7 Å². The molecule has 1 atom stereocenters. The van der Waals surface area contributed by atoms with Gasteiger partial charge in [-0.2, -0.15) is 0 Å². The molecule has 0 aromatic heterocycles. The summed E-state index contributed by atoms with van der Waals surface area (Å²) < 4.78 is 19.2. The molecular formula is C14H12ClFO2. The molecule has 0 fully saturated rings. The summed E-state index contributed by atoms with van der Waals surface area (Å²) in [7, 11) is 0. The van der Waals surface area contributed by atoms with Crippen LogP contribution in [-0.4, -0.2) is 5.11 Å². The molecule has 0 saturated carbocycles. The molecule has 0 saturated heterocycles. The second-order valence-electron chi connectivity index (χ2n) is 3.89. The Morgan fingerprint density at radius 3 is 2.44 bits per heavy atom. The SMILES string of the molecule is CC(O)c1cccc(F)c1Oc1ccc(Cl)cc1. The van der Waals surface area contributed by atoms with Crippen molar-refractivity contribution in [2.24, 2.45) is 0 Å². The minimum Gasteiger partial charge on any atom is -0.454 e. The van der Waals surface area contributed by atoms with Gasteiger partial charge in [-0.05, 0) is 37.3 Å². The number of para-hydroxylation sites is 1. The Balaban J connectivity index is 2.36. The van der Waals surface area contributed by atoms with Crippen molar-refractivity contribution in [1.82, 2.24) is 0 Å². The Kier molecular flexibility index (Phi) is 3.84. The van der Waals surface area contributed by atoms with Gasteiger partial charge in [-0.15, -0.1) is 0 Å². The molecule has 0 bridgehead atoms. The van der Waals surface area contributed by atoms with Gasteiger partial charge in [0.25, 0.3) is 0 Å². The van der Waals surface area contributed by atoms with Crippen LogP contribution in [-0.2, 0) is 0 Å². The summed E-state index contributed by atoms with van der Waals surface area (Å²) in [4.78, 5) is 0. The number of aliphatic hydroxyl groups excluding tert-OH is 1. The average Bonchev–Trinajstić information content (AvgIpc) is 2.34. The predicted octanol–water partition coefficient (Wildman–Crippen LogP) is 4.32. The summed E-state index contributed by atoms with van der Waals surface area (Å²) in [6.07, 6.45) is -0.803. The molecule has 2 aromatic rings. The van der Waals surface area contributed by atoms with Crippen molar-refractivity contribution in [2.75, 3.05) is 0 Å². The van der Waals surface area contributed by atoms with E-state index in [1.807, 2.05) is 0 Å². The number of aliphatic hydroxyl groups is 1. The summed E-state index contributed by atoms with van der Waals surface area (Å²) in [6.45, 7) is 1.56. The van der Waals surface area contributed by atoms with Crippen LogP contribution in [0.25, 0.3) is 0 Å².